The fraction of sp³-hybridized carbons (Fsp3) is 0.462. The molecule has 1 fully saturated rings. The lowest BCUT2D eigenvalue weighted by Crippen LogP contribution is -2.33. The van der Waals surface area contributed by atoms with Crippen LogP contribution in [0.5, 0.6) is 0 Å². The molecule has 0 N–H and O–H groups in total. The molecule has 0 aliphatic carbocycles. The molecule has 0 aromatic carbocycles. The SMILES string of the molecule is C[n+]1ccnc2ccc(N3CCCCC3)nc21. The number of aromatic nitrogens is 3. The number of piperidine rings is 1. The predicted octanol–water partition coefficient (Wildman–Crippen LogP) is 1.44. The molecule has 1 aliphatic heterocycles. The standard InChI is InChI=1S/C13H17N4/c1-16-10-7-14-11-5-6-12(15-13(11)16)17-8-3-2-4-9-17/h5-7,10H,2-4,8-9H2,1H3/q+1. The van der Waals surface area contributed by atoms with Crippen molar-refractivity contribution in [3.63, 3.8) is 0 Å². The Morgan fingerprint density at radius 2 is 2.00 bits per heavy atom. The first-order valence-electron chi connectivity index (χ1n) is 6.21. The lowest BCUT2D eigenvalue weighted by atomic mass is 10.1. The van der Waals surface area contributed by atoms with Crippen molar-refractivity contribution in [3.05, 3.63) is 24.5 Å². The van der Waals surface area contributed by atoms with Crippen LogP contribution < -0.4 is 9.47 Å². The van der Waals surface area contributed by atoms with Crippen LogP contribution in [0.15, 0.2) is 24.5 Å². The second kappa shape index (κ2) is 4.28. The molecular formula is C13H17N4+. The summed E-state index contributed by atoms with van der Waals surface area (Å²) in [5, 5.41) is 0. The van der Waals surface area contributed by atoms with Crippen molar-refractivity contribution >= 4 is 17.0 Å². The Hall–Kier alpha value is -1.71. The molecule has 0 spiro atoms. The van der Waals surface area contributed by atoms with E-state index in [9.17, 15) is 0 Å². The summed E-state index contributed by atoms with van der Waals surface area (Å²) >= 11 is 0. The van der Waals surface area contributed by atoms with E-state index in [0.29, 0.717) is 0 Å². The van der Waals surface area contributed by atoms with E-state index in [1.807, 2.05) is 24.0 Å². The van der Waals surface area contributed by atoms with E-state index in [1.54, 1.807) is 0 Å². The lowest BCUT2D eigenvalue weighted by Gasteiger charge is -2.24. The van der Waals surface area contributed by atoms with E-state index in [1.165, 1.54) is 19.3 Å². The summed E-state index contributed by atoms with van der Waals surface area (Å²) in [6.45, 7) is 2.25. The minimum absolute atomic E-state index is 0.954. The van der Waals surface area contributed by atoms with Crippen molar-refractivity contribution in [2.75, 3.05) is 18.0 Å². The Morgan fingerprint density at radius 3 is 2.82 bits per heavy atom. The van der Waals surface area contributed by atoms with E-state index in [-0.39, 0.29) is 0 Å². The number of rotatable bonds is 1. The lowest BCUT2D eigenvalue weighted by molar-refractivity contribution is -0.647. The topological polar surface area (TPSA) is 32.9 Å². The largest absolute Gasteiger partial charge is 0.351 e. The first kappa shape index (κ1) is 10.4. The fourth-order valence-corrected chi connectivity index (χ4v) is 2.37. The Kier molecular flexibility index (Phi) is 2.63. The van der Waals surface area contributed by atoms with Gasteiger partial charge in [-0.05, 0) is 30.3 Å². The molecule has 3 heterocycles. The fourth-order valence-electron chi connectivity index (χ4n) is 2.37. The summed E-state index contributed by atoms with van der Waals surface area (Å²) < 4.78 is 2.02. The smallest absolute Gasteiger partial charge is 0.336 e. The van der Waals surface area contributed by atoms with Crippen molar-refractivity contribution in [3.8, 4) is 0 Å². The molecule has 2 aromatic rings. The third-order valence-electron chi connectivity index (χ3n) is 3.36. The third-order valence-corrected chi connectivity index (χ3v) is 3.36. The second-order valence-corrected chi connectivity index (χ2v) is 4.60. The highest BCUT2D eigenvalue weighted by Crippen LogP contribution is 2.18. The average Bonchev–Trinajstić information content (AvgIpc) is 2.40. The molecule has 0 saturated carbocycles. The highest BCUT2D eigenvalue weighted by molar-refractivity contribution is 5.68. The van der Waals surface area contributed by atoms with Crippen LogP contribution in [-0.2, 0) is 7.05 Å². The van der Waals surface area contributed by atoms with Gasteiger partial charge >= 0.3 is 5.65 Å². The molecule has 17 heavy (non-hydrogen) atoms. The van der Waals surface area contributed by atoms with Crippen molar-refractivity contribution in [1.29, 1.82) is 0 Å². The van der Waals surface area contributed by atoms with Crippen molar-refractivity contribution in [1.82, 2.24) is 9.97 Å². The molecule has 1 aliphatic rings. The maximum atomic E-state index is 4.72. The number of nitrogens with zero attached hydrogens (tertiary/aromatic N) is 4. The maximum absolute atomic E-state index is 4.72. The molecule has 4 heteroatoms. The summed E-state index contributed by atoms with van der Waals surface area (Å²) in [5.74, 6) is 1.08. The Morgan fingerprint density at radius 1 is 1.18 bits per heavy atom. The number of pyridine rings is 1. The monoisotopic (exact) mass is 229 g/mol. The van der Waals surface area contributed by atoms with Crippen LogP contribution in [0.1, 0.15) is 19.3 Å². The zero-order valence-corrected chi connectivity index (χ0v) is 10.1. The second-order valence-electron chi connectivity index (χ2n) is 4.60. The quantitative estimate of drug-likeness (QED) is 0.694. The zero-order chi connectivity index (χ0) is 11.7. The van der Waals surface area contributed by atoms with E-state index < -0.39 is 0 Å². The molecule has 1 saturated heterocycles. The van der Waals surface area contributed by atoms with Crippen LogP contribution in [0.2, 0.25) is 0 Å². The van der Waals surface area contributed by atoms with Crippen molar-refractivity contribution in [2.24, 2.45) is 7.05 Å². The van der Waals surface area contributed by atoms with Gasteiger partial charge < -0.3 is 4.90 Å². The van der Waals surface area contributed by atoms with E-state index in [2.05, 4.69) is 22.0 Å². The molecule has 0 amide bonds. The highest BCUT2D eigenvalue weighted by Gasteiger charge is 2.18. The van der Waals surface area contributed by atoms with Crippen LogP contribution >= 0.6 is 0 Å². The van der Waals surface area contributed by atoms with Crippen LogP contribution in [0.4, 0.5) is 5.82 Å². The van der Waals surface area contributed by atoms with Gasteiger partial charge in [-0.15, -0.1) is 0 Å². The van der Waals surface area contributed by atoms with Crippen LogP contribution in [0, 0.1) is 0 Å². The number of hydrogen-bond acceptors (Lipinski definition) is 3. The summed E-state index contributed by atoms with van der Waals surface area (Å²) in [4.78, 5) is 11.4. The molecule has 4 nitrogen and oxygen atoms in total. The molecule has 88 valence electrons. The van der Waals surface area contributed by atoms with Gasteiger partial charge in [-0.2, -0.15) is 0 Å². The Labute approximate surface area is 101 Å². The molecule has 0 atom stereocenters. The number of aryl methyl sites for hydroxylation is 1. The first-order chi connectivity index (χ1) is 8.34. The van der Waals surface area contributed by atoms with Crippen molar-refractivity contribution < 1.29 is 4.57 Å². The summed E-state index contributed by atoms with van der Waals surface area (Å²) in [6.07, 6.45) is 7.65. The van der Waals surface area contributed by atoms with Gasteiger partial charge in [-0.3, -0.25) is 0 Å². The van der Waals surface area contributed by atoms with Crippen molar-refractivity contribution in [2.45, 2.75) is 19.3 Å². The molecular weight excluding hydrogens is 212 g/mol. The minimum atomic E-state index is 0.954. The van der Waals surface area contributed by atoms with Gasteiger partial charge in [-0.25, -0.2) is 9.55 Å². The molecule has 2 aromatic heterocycles. The van der Waals surface area contributed by atoms with E-state index in [0.717, 1.165) is 30.1 Å². The van der Waals surface area contributed by atoms with Gasteiger partial charge in [0.2, 0.25) is 5.82 Å². The number of anilines is 1. The van der Waals surface area contributed by atoms with Gasteiger partial charge in [-0.1, -0.05) is 0 Å². The van der Waals surface area contributed by atoms with Gasteiger partial charge in [0.05, 0.1) is 13.2 Å². The van der Waals surface area contributed by atoms with Gasteiger partial charge in [0.15, 0.2) is 5.52 Å². The van der Waals surface area contributed by atoms with Crippen LogP contribution in [0.25, 0.3) is 11.2 Å². The summed E-state index contributed by atoms with van der Waals surface area (Å²) in [7, 11) is 2.01. The maximum Gasteiger partial charge on any atom is 0.351 e. The van der Waals surface area contributed by atoms with Crippen LogP contribution in [-0.4, -0.2) is 23.1 Å². The number of fused-ring (bicyclic) bond motifs is 1. The zero-order valence-electron chi connectivity index (χ0n) is 10.1. The highest BCUT2D eigenvalue weighted by atomic mass is 15.2. The van der Waals surface area contributed by atoms with Gasteiger partial charge in [0.1, 0.15) is 6.20 Å². The van der Waals surface area contributed by atoms with Crippen LogP contribution in [0.3, 0.4) is 0 Å². The Balaban J connectivity index is 2.03. The van der Waals surface area contributed by atoms with Gasteiger partial charge in [0, 0.05) is 19.2 Å². The van der Waals surface area contributed by atoms with Gasteiger partial charge in [0.25, 0.3) is 0 Å². The Bertz CT molecular complexity index is 532. The first-order valence-corrected chi connectivity index (χ1v) is 6.21. The summed E-state index contributed by atoms with van der Waals surface area (Å²) in [5.41, 5.74) is 1.91. The molecule has 3 rings (SSSR count). The average molecular weight is 229 g/mol. The minimum Gasteiger partial charge on any atom is -0.336 e. The third kappa shape index (κ3) is 1.95. The van der Waals surface area contributed by atoms with E-state index >= 15 is 0 Å². The molecule has 0 bridgehead atoms. The van der Waals surface area contributed by atoms with E-state index in [4.69, 9.17) is 4.98 Å². The number of hydrogen-bond donors (Lipinski definition) is 0. The summed E-state index contributed by atoms with van der Waals surface area (Å²) in [6, 6.07) is 4.15. The molecule has 0 radical (unpaired) electrons. The normalized spacial score (nSPS) is 16.4. The molecule has 0 unspecified atom stereocenters. The predicted molar refractivity (Wildman–Crippen MR) is 66.8 cm³/mol.